The van der Waals surface area contributed by atoms with Gasteiger partial charge in [0.1, 0.15) is 22.6 Å². The zero-order valence-corrected chi connectivity index (χ0v) is 10.3. The molecule has 0 fully saturated rings. The molecule has 6 nitrogen and oxygen atoms in total. The molecule has 1 aromatic rings. The molecular formula is C10H11F2NO5S. The Morgan fingerprint density at radius 3 is 2.47 bits per heavy atom. The summed E-state index contributed by atoms with van der Waals surface area (Å²) >= 11 is 0. The Labute approximate surface area is 107 Å². The maximum atomic E-state index is 13.3. The van der Waals surface area contributed by atoms with E-state index >= 15 is 0 Å². The molecule has 0 amide bonds. The Morgan fingerprint density at radius 2 is 2.00 bits per heavy atom. The monoisotopic (exact) mass is 295 g/mol. The third-order valence-corrected chi connectivity index (χ3v) is 3.70. The number of carbonyl (C=O) groups is 1. The molecule has 0 radical (unpaired) electrons. The first kappa shape index (κ1) is 15.5. The number of benzene rings is 1. The summed E-state index contributed by atoms with van der Waals surface area (Å²) in [5.41, 5.74) is 0. The molecule has 0 heterocycles. The van der Waals surface area contributed by atoms with Gasteiger partial charge in [0.25, 0.3) is 0 Å². The summed E-state index contributed by atoms with van der Waals surface area (Å²) in [5, 5.41) is 17.4. The quantitative estimate of drug-likeness (QED) is 0.689. The molecule has 0 saturated carbocycles. The molecule has 1 rings (SSSR count). The van der Waals surface area contributed by atoms with Gasteiger partial charge in [-0.05, 0) is 18.6 Å². The van der Waals surface area contributed by atoms with Gasteiger partial charge in [0, 0.05) is 12.7 Å². The number of halogens is 2. The average molecular weight is 295 g/mol. The van der Waals surface area contributed by atoms with Gasteiger partial charge in [-0.25, -0.2) is 17.2 Å². The van der Waals surface area contributed by atoms with Crippen molar-refractivity contribution in [1.29, 1.82) is 0 Å². The molecular weight excluding hydrogens is 284 g/mol. The number of rotatable bonds is 6. The van der Waals surface area contributed by atoms with Crippen molar-refractivity contribution in [3.8, 4) is 0 Å². The van der Waals surface area contributed by atoms with E-state index < -0.39 is 45.2 Å². The summed E-state index contributed by atoms with van der Waals surface area (Å²) in [6, 6.07) is 0.195. The van der Waals surface area contributed by atoms with Crippen LogP contribution in [0.2, 0.25) is 0 Å². The number of nitrogens with one attached hydrogen (secondary N) is 1. The van der Waals surface area contributed by atoms with Crippen LogP contribution in [-0.4, -0.2) is 37.2 Å². The van der Waals surface area contributed by atoms with Gasteiger partial charge in [-0.15, -0.1) is 0 Å². The predicted octanol–water partition coefficient (Wildman–Crippen LogP) is 0.0787. The smallest absolute Gasteiger partial charge is 0.321 e. The Morgan fingerprint density at radius 1 is 1.37 bits per heavy atom. The van der Waals surface area contributed by atoms with Gasteiger partial charge < -0.3 is 10.2 Å². The van der Waals surface area contributed by atoms with E-state index in [-0.39, 0.29) is 6.42 Å². The second-order valence-electron chi connectivity index (χ2n) is 3.60. The molecule has 1 unspecified atom stereocenters. The predicted molar refractivity (Wildman–Crippen MR) is 59.8 cm³/mol. The van der Waals surface area contributed by atoms with Crippen molar-refractivity contribution >= 4 is 16.0 Å². The van der Waals surface area contributed by atoms with Gasteiger partial charge >= 0.3 is 5.97 Å². The lowest BCUT2D eigenvalue weighted by Crippen LogP contribution is -2.41. The fourth-order valence-corrected chi connectivity index (χ4v) is 2.59. The van der Waals surface area contributed by atoms with Gasteiger partial charge in [0.15, 0.2) is 0 Å². The Bertz CT molecular complexity index is 575. The van der Waals surface area contributed by atoms with Crippen LogP contribution in [-0.2, 0) is 14.8 Å². The van der Waals surface area contributed by atoms with E-state index in [4.69, 9.17) is 10.2 Å². The van der Waals surface area contributed by atoms with Crippen LogP contribution < -0.4 is 4.72 Å². The van der Waals surface area contributed by atoms with Crippen LogP contribution in [0, 0.1) is 11.6 Å². The lowest BCUT2D eigenvalue weighted by molar-refractivity contribution is -0.139. The second-order valence-corrected chi connectivity index (χ2v) is 5.28. The van der Waals surface area contributed by atoms with Crippen molar-refractivity contribution in [2.45, 2.75) is 17.4 Å². The average Bonchev–Trinajstić information content (AvgIpc) is 2.27. The molecule has 0 aliphatic heterocycles. The van der Waals surface area contributed by atoms with Crippen molar-refractivity contribution in [2.24, 2.45) is 0 Å². The number of aliphatic hydroxyl groups excluding tert-OH is 1. The normalized spacial score (nSPS) is 13.2. The highest BCUT2D eigenvalue weighted by molar-refractivity contribution is 7.89. The van der Waals surface area contributed by atoms with Gasteiger partial charge in [0.2, 0.25) is 10.0 Å². The van der Waals surface area contributed by atoms with Crippen LogP contribution in [0.3, 0.4) is 0 Å². The minimum Gasteiger partial charge on any atom is -0.480 e. The van der Waals surface area contributed by atoms with Gasteiger partial charge in [-0.1, -0.05) is 0 Å². The summed E-state index contributed by atoms with van der Waals surface area (Å²) in [7, 11) is -4.46. The van der Waals surface area contributed by atoms with Crippen LogP contribution in [0.15, 0.2) is 23.1 Å². The molecule has 0 bridgehead atoms. The number of aliphatic hydroxyl groups is 1. The van der Waals surface area contributed by atoms with Crippen molar-refractivity contribution in [3.63, 3.8) is 0 Å². The zero-order valence-electron chi connectivity index (χ0n) is 9.51. The van der Waals surface area contributed by atoms with Gasteiger partial charge in [-0.2, -0.15) is 4.72 Å². The largest absolute Gasteiger partial charge is 0.480 e. The molecule has 1 atom stereocenters. The maximum Gasteiger partial charge on any atom is 0.321 e. The Kier molecular flexibility index (Phi) is 4.92. The molecule has 0 saturated heterocycles. The molecule has 1 aromatic carbocycles. The highest BCUT2D eigenvalue weighted by Crippen LogP contribution is 2.16. The highest BCUT2D eigenvalue weighted by atomic mass is 32.2. The SMILES string of the molecule is O=C(O)C(CCO)NS(=O)(=O)c1ccc(F)cc1F. The third-order valence-electron chi connectivity index (χ3n) is 2.20. The molecule has 19 heavy (non-hydrogen) atoms. The Hall–Kier alpha value is -1.58. The molecule has 0 aromatic heterocycles. The summed E-state index contributed by atoms with van der Waals surface area (Å²) in [6.45, 7) is -0.564. The van der Waals surface area contributed by atoms with Crippen molar-refractivity contribution in [1.82, 2.24) is 4.72 Å². The second kappa shape index (κ2) is 6.04. The van der Waals surface area contributed by atoms with Crippen LogP contribution >= 0.6 is 0 Å². The van der Waals surface area contributed by atoms with Crippen molar-refractivity contribution in [3.05, 3.63) is 29.8 Å². The van der Waals surface area contributed by atoms with Gasteiger partial charge in [0.05, 0.1) is 0 Å². The van der Waals surface area contributed by atoms with Crippen LogP contribution in [0.1, 0.15) is 6.42 Å². The zero-order chi connectivity index (χ0) is 14.6. The van der Waals surface area contributed by atoms with E-state index in [2.05, 4.69) is 0 Å². The lowest BCUT2D eigenvalue weighted by Gasteiger charge is -2.13. The number of aliphatic carboxylic acids is 1. The highest BCUT2D eigenvalue weighted by Gasteiger charge is 2.27. The van der Waals surface area contributed by atoms with E-state index in [1.807, 2.05) is 0 Å². The van der Waals surface area contributed by atoms with E-state index in [9.17, 15) is 22.0 Å². The number of carboxylic acids is 1. The summed E-state index contributed by atoms with van der Waals surface area (Å²) in [4.78, 5) is 9.88. The minimum absolute atomic E-state index is 0.371. The maximum absolute atomic E-state index is 13.3. The fraction of sp³-hybridized carbons (Fsp3) is 0.300. The fourth-order valence-electron chi connectivity index (χ4n) is 1.31. The molecule has 3 N–H and O–H groups in total. The topological polar surface area (TPSA) is 104 Å². The number of carboxylic acid groups (broad SMARTS) is 1. The standard InChI is InChI=1S/C10H11F2NO5S/c11-6-1-2-9(7(12)5-6)19(17,18)13-8(3-4-14)10(15)16/h1-2,5,8,13-14H,3-4H2,(H,15,16). The van der Waals surface area contributed by atoms with E-state index in [1.54, 1.807) is 4.72 Å². The Balaban J connectivity index is 3.06. The van der Waals surface area contributed by atoms with Crippen molar-refractivity contribution in [2.75, 3.05) is 6.61 Å². The van der Waals surface area contributed by atoms with Crippen molar-refractivity contribution < 1.29 is 32.2 Å². The van der Waals surface area contributed by atoms with Crippen LogP contribution in [0.5, 0.6) is 0 Å². The molecule has 0 aliphatic rings. The number of sulfonamides is 1. The summed E-state index contributed by atoms with van der Waals surface area (Å²) < 4.78 is 51.2. The van der Waals surface area contributed by atoms with Crippen LogP contribution in [0.4, 0.5) is 8.78 Å². The first-order valence-electron chi connectivity index (χ1n) is 5.09. The van der Waals surface area contributed by atoms with E-state index in [0.717, 1.165) is 6.07 Å². The number of hydrogen-bond donors (Lipinski definition) is 3. The number of hydrogen-bond acceptors (Lipinski definition) is 4. The van der Waals surface area contributed by atoms with E-state index in [1.165, 1.54) is 0 Å². The molecule has 0 aliphatic carbocycles. The lowest BCUT2D eigenvalue weighted by atomic mass is 10.2. The third kappa shape index (κ3) is 3.94. The molecule has 9 heteroatoms. The first-order chi connectivity index (χ1) is 8.77. The minimum atomic E-state index is -4.46. The first-order valence-corrected chi connectivity index (χ1v) is 6.57. The van der Waals surface area contributed by atoms with E-state index in [0.29, 0.717) is 12.1 Å². The molecule has 0 spiro atoms. The molecule has 106 valence electrons. The van der Waals surface area contributed by atoms with Gasteiger partial charge in [-0.3, -0.25) is 4.79 Å². The summed E-state index contributed by atoms with van der Waals surface area (Å²) in [6.07, 6.45) is -0.378. The van der Waals surface area contributed by atoms with Crippen LogP contribution in [0.25, 0.3) is 0 Å². The summed E-state index contributed by atoms with van der Waals surface area (Å²) in [5.74, 6) is -3.80.